The summed E-state index contributed by atoms with van der Waals surface area (Å²) in [7, 11) is 1.27. The molecule has 1 fully saturated rings. The number of imidazole rings is 1. The van der Waals surface area contributed by atoms with E-state index in [9.17, 15) is 14.7 Å². The van der Waals surface area contributed by atoms with Crippen LogP contribution in [-0.2, 0) is 16.0 Å². The highest BCUT2D eigenvalue weighted by Gasteiger charge is 2.36. The second-order valence-corrected chi connectivity index (χ2v) is 9.18. The van der Waals surface area contributed by atoms with Gasteiger partial charge in [-0.25, -0.2) is 9.78 Å². The lowest BCUT2D eigenvalue weighted by atomic mass is 10.0. The zero-order valence-corrected chi connectivity index (χ0v) is 20.3. The first-order valence-electron chi connectivity index (χ1n) is 10.7. The zero-order chi connectivity index (χ0) is 23.4. The minimum absolute atomic E-state index is 0.143. The number of aromatic nitrogens is 2. The quantitative estimate of drug-likeness (QED) is 0.395. The number of hydrogen-bond acceptors (Lipinski definition) is 5. The summed E-state index contributed by atoms with van der Waals surface area (Å²) in [6, 6.07) is 13.7. The number of methoxy groups -OCH3 is 1. The standard InChI is InChI=1S/C24H25IN4O4/c1-33-24(32)28-19(13-15-4-10-18(30)11-5-15)23(31)29-12-2-3-21(29)22-26-14-20(27-22)16-6-8-17(25)9-7-16/h4-11,14,19,21,30H,2-3,12-13H2,1H3,(H,26,27)(H,28,32)/t19-,21-/m0/s1. The van der Waals surface area contributed by atoms with Crippen LogP contribution in [0.1, 0.15) is 30.3 Å². The summed E-state index contributed by atoms with van der Waals surface area (Å²) in [5, 5.41) is 12.2. The smallest absolute Gasteiger partial charge is 0.407 e. The van der Waals surface area contributed by atoms with Crippen molar-refractivity contribution in [3.8, 4) is 17.0 Å². The topological polar surface area (TPSA) is 108 Å². The van der Waals surface area contributed by atoms with Gasteiger partial charge in [-0.05, 0) is 70.8 Å². The van der Waals surface area contributed by atoms with Gasteiger partial charge in [-0.15, -0.1) is 0 Å². The third-order valence-corrected chi connectivity index (χ3v) is 6.47. The Kier molecular flexibility index (Phi) is 7.17. The highest BCUT2D eigenvalue weighted by atomic mass is 127. The monoisotopic (exact) mass is 560 g/mol. The van der Waals surface area contributed by atoms with E-state index in [0.717, 1.165) is 39.1 Å². The maximum atomic E-state index is 13.5. The maximum absolute atomic E-state index is 13.5. The normalized spacial score (nSPS) is 16.4. The fourth-order valence-corrected chi connectivity index (χ4v) is 4.43. The number of phenols is 1. The first kappa shape index (κ1) is 23.1. The molecule has 0 saturated carbocycles. The molecule has 9 heteroatoms. The number of ether oxygens (including phenoxy) is 1. The number of carbonyl (C=O) groups is 2. The molecule has 3 aromatic rings. The minimum atomic E-state index is -0.798. The van der Waals surface area contributed by atoms with Crippen LogP contribution in [0, 0.1) is 3.57 Å². The molecule has 0 radical (unpaired) electrons. The highest BCUT2D eigenvalue weighted by molar-refractivity contribution is 14.1. The van der Waals surface area contributed by atoms with Gasteiger partial charge in [0, 0.05) is 16.5 Å². The van der Waals surface area contributed by atoms with Gasteiger partial charge in [0.25, 0.3) is 0 Å². The fraction of sp³-hybridized carbons (Fsp3) is 0.292. The predicted octanol–water partition coefficient (Wildman–Crippen LogP) is 4.02. The lowest BCUT2D eigenvalue weighted by molar-refractivity contribution is -0.134. The molecule has 0 spiro atoms. The van der Waals surface area contributed by atoms with Crippen molar-refractivity contribution in [2.24, 2.45) is 0 Å². The number of phenolic OH excluding ortho intramolecular Hbond substituents is 1. The number of halogens is 1. The van der Waals surface area contributed by atoms with Crippen molar-refractivity contribution in [3.63, 3.8) is 0 Å². The SMILES string of the molecule is COC(=O)N[C@@H](Cc1ccc(O)cc1)C(=O)N1CCC[C@H]1c1ncc(-c2ccc(I)cc2)[nH]1. The summed E-state index contributed by atoms with van der Waals surface area (Å²) in [5.41, 5.74) is 2.74. The van der Waals surface area contributed by atoms with Crippen molar-refractivity contribution in [2.75, 3.05) is 13.7 Å². The van der Waals surface area contributed by atoms with E-state index < -0.39 is 12.1 Å². The maximum Gasteiger partial charge on any atom is 0.407 e. The van der Waals surface area contributed by atoms with Gasteiger partial charge in [-0.2, -0.15) is 0 Å². The molecule has 8 nitrogen and oxygen atoms in total. The fourth-order valence-electron chi connectivity index (χ4n) is 4.07. The summed E-state index contributed by atoms with van der Waals surface area (Å²) in [6.07, 6.45) is 3.04. The van der Waals surface area contributed by atoms with Crippen LogP contribution in [-0.4, -0.2) is 51.7 Å². The van der Waals surface area contributed by atoms with Gasteiger partial charge >= 0.3 is 6.09 Å². The van der Waals surface area contributed by atoms with Crippen molar-refractivity contribution < 1.29 is 19.4 Å². The lowest BCUT2D eigenvalue weighted by Gasteiger charge is -2.28. The summed E-state index contributed by atoms with van der Waals surface area (Å²) < 4.78 is 5.90. The molecule has 2 heterocycles. The highest BCUT2D eigenvalue weighted by Crippen LogP contribution is 2.32. The molecule has 1 saturated heterocycles. The Morgan fingerprint density at radius 2 is 1.97 bits per heavy atom. The van der Waals surface area contributed by atoms with E-state index in [0.29, 0.717) is 6.54 Å². The number of H-pyrrole nitrogens is 1. The number of benzene rings is 2. The number of aromatic amines is 1. The van der Waals surface area contributed by atoms with Crippen molar-refractivity contribution >= 4 is 34.6 Å². The number of nitrogens with zero attached hydrogens (tertiary/aromatic N) is 2. The largest absolute Gasteiger partial charge is 0.508 e. The van der Waals surface area contributed by atoms with E-state index in [1.165, 1.54) is 7.11 Å². The number of amides is 2. The average molecular weight is 560 g/mol. The Morgan fingerprint density at radius 1 is 1.24 bits per heavy atom. The number of likely N-dealkylation sites (tertiary alicyclic amines) is 1. The van der Waals surface area contributed by atoms with Crippen molar-refractivity contribution in [3.05, 3.63) is 69.7 Å². The zero-order valence-electron chi connectivity index (χ0n) is 18.1. The third-order valence-electron chi connectivity index (χ3n) is 5.75. The molecule has 1 aliphatic heterocycles. The number of aromatic hydroxyl groups is 1. The Balaban J connectivity index is 1.54. The first-order valence-corrected chi connectivity index (χ1v) is 11.8. The Morgan fingerprint density at radius 3 is 2.67 bits per heavy atom. The van der Waals surface area contributed by atoms with Crippen molar-refractivity contribution in [2.45, 2.75) is 31.3 Å². The molecule has 33 heavy (non-hydrogen) atoms. The van der Waals surface area contributed by atoms with E-state index >= 15 is 0 Å². The van der Waals surface area contributed by atoms with E-state index in [1.807, 2.05) is 24.3 Å². The molecule has 3 N–H and O–H groups in total. The molecule has 4 rings (SSSR count). The first-order chi connectivity index (χ1) is 15.9. The van der Waals surface area contributed by atoms with Crippen molar-refractivity contribution in [1.29, 1.82) is 0 Å². The Labute approximate surface area is 205 Å². The van der Waals surface area contributed by atoms with Crippen LogP contribution in [0.2, 0.25) is 0 Å². The molecular formula is C24H25IN4O4. The van der Waals surface area contributed by atoms with E-state index in [4.69, 9.17) is 4.74 Å². The number of alkyl carbamates (subject to hydrolysis) is 1. The Bertz CT molecular complexity index is 1110. The number of nitrogens with one attached hydrogen (secondary N) is 2. The molecule has 0 unspecified atom stereocenters. The molecule has 2 amide bonds. The molecular weight excluding hydrogens is 535 g/mol. The minimum Gasteiger partial charge on any atom is -0.508 e. The van der Waals surface area contributed by atoms with Gasteiger partial charge in [0.15, 0.2) is 0 Å². The van der Waals surface area contributed by atoms with Gasteiger partial charge in [0.05, 0.1) is 25.0 Å². The summed E-state index contributed by atoms with van der Waals surface area (Å²) in [6.45, 7) is 0.581. The summed E-state index contributed by atoms with van der Waals surface area (Å²) >= 11 is 2.27. The predicted molar refractivity (Wildman–Crippen MR) is 132 cm³/mol. The van der Waals surface area contributed by atoms with Crippen molar-refractivity contribution in [1.82, 2.24) is 20.2 Å². The molecule has 0 bridgehead atoms. The van der Waals surface area contributed by atoms with E-state index in [2.05, 4.69) is 37.9 Å². The van der Waals surface area contributed by atoms with Gasteiger partial charge in [-0.3, -0.25) is 4.79 Å². The van der Waals surface area contributed by atoms with Gasteiger partial charge in [-0.1, -0.05) is 24.3 Å². The van der Waals surface area contributed by atoms with Crippen LogP contribution in [0.25, 0.3) is 11.3 Å². The molecule has 1 aliphatic rings. The second kappa shape index (κ2) is 10.2. The van der Waals surface area contributed by atoms with Crippen LogP contribution in [0.5, 0.6) is 5.75 Å². The lowest BCUT2D eigenvalue weighted by Crippen LogP contribution is -2.49. The number of hydrogen-bond donors (Lipinski definition) is 3. The van der Waals surface area contributed by atoms with Gasteiger partial charge in [0.1, 0.15) is 17.6 Å². The summed E-state index contributed by atoms with van der Waals surface area (Å²) in [5.74, 6) is 0.683. The number of carbonyl (C=O) groups excluding carboxylic acids is 2. The van der Waals surface area contributed by atoms with Gasteiger partial charge in [0.2, 0.25) is 5.91 Å². The molecule has 172 valence electrons. The third kappa shape index (κ3) is 5.47. The molecule has 0 aliphatic carbocycles. The second-order valence-electron chi connectivity index (χ2n) is 7.94. The number of rotatable bonds is 6. The molecule has 2 atom stereocenters. The van der Waals surface area contributed by atoms with E-state index in [-0.39, 0.29) is 24.1 Å². The molecule has 2 aromatic carbocycles. The van der Waals surface area contributed by atoms with Crippen LogP contribution < -0.4 is 5.32 Å². The van der Waals surface area contributed by atoms with Crippen LogP contribution in [0.3, 0.4) is 0 Å². The van der Waals surface area contributed by atoms with E-state index in [1.54, 1.807) is 35.4 Å². The average Bonchev–Trinajstić information content (AvgIpc) is 3.49. The Hall–Kier alpha value is -3.08. The summed E-state index contributed by atoms with van der Waals surface area (Å²) in [4.78, 5) is 35.2. The molecule has 1 aromatic heterocycles. The van der Waals surface area contributed by atoms with Crippen LogP contribution in [0.4, 0.5) is 4.79 Å². The van der Waals surface area contributed by atoms with Crippen LogP contribution in [0.15, 0.2) is 54.7 Å². The van der Waals surface area contributed by atoms with Gasteiger partial charge < -0.3 is 25.0 Å². The van der Waals surface area contributed by atoms with Crippen LogP contribution >= 0.6 is 22.6 Å².